The Kier molecular flexibility index (Phi) is 3.45. The first-order chi connectivity index (χ1) is 8.31. The van der Waals surface area contributed by atoms with Crippen LogP contribution in [0.3, 0.4) is 0 Å². The van der Waals surface area contributed by atoms with Crippen LogP contribution in [0.25, 0.3) is 0 Å². The van der Waals surface area contributed by atoms with Crippen molar-refractivity contribution >= 4 is 11.6 Å². The second-order valence-electron chi connectivity index (χ2n) is 3.56. The molecule has 1 aromatic carbocycles. The molecule has 0 radical (unpaired) electrons. The maximum atomic E-state index is 11.9. The van der Waals surface area contributed by atoms with Crippen LogP contribution in [0.4, 0.5) is 5.69 Å². The number of para-hydroxylation sites is 1. The summed E-state index contributed by atoms with van der Waals surface area (Å²) in [4.78, 5) is 19.6. The van der Waals surface area contributed by atoms with Gasteiger partial charge in [-0.25, -0.2) is 9.97 Å². The maximum absolute atomic E-state index is 11.9. The van der Waals surface area contributed by atoms with Crippen molar-refractivity contribution in [2.24, 2.45) is 0 Å². The zero-order valence-corrected chi connectivity index (χ0v) is 9.55. The first kappa shape index (κ1) is 11.3. The summed E-state index contributed by atoms with van der Waals surface area (Å²) in [5.74, 6) is -0.215. The van der Waals surface area contributed by atoms with E-state index in [2.05, 4.69) is 22.2 Å². The highest BCUT2D eigenvalue weighted by Crippen LogP contribution is 2.15. The lowest BCUT2D eigenvalue weighted by Crippen LogP contribution is -2.14. The van der Waals surface area contributed by atoms with Gasteiger partial charge in [0, 0.05) is 11.9 Å². The van der Waals surface area contributed by atoms with Gasteiger partial charge < -0.3 is 5.32 Å². The largest absolute Gasteiger partial charge is 0.320 e. The van der Waals surface area contributed by atoms with Crippen molar-refractivity contribution in [3.05, 3.63) is 54.1 Å². The molecule has 1 amide bonds. The molecule has 0 aliphatic carbocycles. The van der Waals surface area contributed by atoms with Gasteiger partial charge in [0.2, 0.25) is 0 Å². The third-order valence-corrected chi connectivity index (χ3v) is 2.46. The number of nitrogens with one attached hydrogen (secondary N) is 1. The maximum Gasteiger partial charge on any atom is 0.274 e. The molecule has 0 spiro atoms. The van der Waals surface area contributed by atoms with Gasteiger partial charge >= 0.3 is 0 Å². The van der Waals surface area contributed by atoms with Crippen molar-refractivity contribution < 1.29 is 4.79 Å². The summed E-state index contributed by atoms with van der Waals surface area (Å²) in [7, 11) is 0. The highest BCUT2D eigenvalue weighted by molar-refractivity contribution is 6.03. The fourth-order valence-electron chi connectivity index (χ4n) is 1.56. The van der Waals surface area contributed by atoms with Crippen LogP contribution in [-0.2, 0) is 6.42 Å². The minimum absolute atomic E-state index is 0.215. The molecule has 2 rings (SSSR count). The number of aromatic nitrogens is 2. The van der Waals surface area contributed by atoms with E-state index in [1.54, 1.807) is 12.3 Å². The van der Waals surface area contributed by atoms with Gasteiger partial charge in [-0.1, -0.05) is 25.1 Å². The second-order valence-corrected chi connectivity index (χ2v) is 3.56. The summed E-state index contributed by atoms with van der Waals surface area (Å²) in [6, 6.07) is 9.32. The molecule has 0 saturated carbocycles. The average Bonchev–Trinajstić information content (AvgIpc) is 2.40. The smallest absolute Gasteiger partial charge is 0.274 e. The van der Waals surface area contributed by atoms with Gasteiger partial charge in [0.25, 0.3) is 5.91 Å². The Morgan fingerprint density at radius 3 is 2.82 bits per heavy atom. The Bertz CT molecular complexity index is 511. The van der Waals surface area contributed by atoms with Crippen LogP contribution in [0.2, 0.25) is 0 Å². The lowest BCUT2D eigenvalue weighted by Gasteiger charge is -2.08. The number of hydrogen-bond acceptors (Lipinski definition) is 3. The fourth-order valence-corrected chi connectivity index (χ4v) is 1.56. The number of carbonyl (C=O) groups is 1. The van der Waals surface area contributed by atoms with Crippen LogP contribution in [0, 0.1) is 0 Å². The number of rotatable bonds is 3. The van der Waals surface area contributed by atoms with Crippen LogP contribution in [0.15, 0.2) is 42.9 Å². The van der Waals surface area contributed by atoms with E-state index >= 15 is 0 Å². The molecule has 4 heteroatoms. The first-order valence-electron chi connectivity index (χ1n) is 5.46. The monoisotopic (exact) mass is 227 g/mol. The Balaban J connectivity index is 2.19. The third-order valence-electron chi connectivity index (χ3n) is 2.46. The highest BCUT2D eigenvalue weighted by atomic mass is 16.1. The minimum Gasteiger partial charge on any atom is -0.320 e. The van der Waals surface area contributed by atoms with Gasteiger partial charge in [-0.3, -0.25) is 4.79 Å². The number of anilines is 1. The van der Waals surface area contributed by atoms with Crippen LogP contribution >= 0.6 is 0 Å². The number of carbonyl (C=O) groups excluding carboxylic acids is 1. The molecule has 0 aliphatic heterocycles. The number of aryl methyl sites for hydroxylation is 1. The van der Waals surface area contributed by atoms with Crippen LogP contribution < -0.4 is 5.32 Å². The van der Waals surface area contributed by atoms with Gasteiger partial charge in [-0.05, 0) is 24.1 Å². The molecule has 86 valence electrons. The number of nitrogens with zero attached hydrogens (tertiary/aromatic N) is 2. The highest BCUT2D eigenvalue weighted by Gasteiger charge is 2.08. The van der Waals surface area contributed by atoms with E-state index in [-0.39, 0.29) is 5.91 Å². The summed E-state index contributed by atoms with van der Waals surface area (Å²) in [6.07, 6.45) is 3.79. The molecular formula is C13H13N3O. The minimum atomic E-state index is -0.215. The van der Waals surface area contributed by atoms with Crippen molar-refractivity contribution in [2.45, 2.75) is 13.3 Å². The van der Waals surface area contributed by atoms with E-state index in [9.17, 15) is 4.79 Å². The SMILES string of the molecule is CCc1ccccc1NC(=O)c1ccncn1. The summed E-state index contributed by atoms with van der Waals surface area (Å²) in [6.45, 7) is 2.05. The predicted molar refractivity (Wildman–Crippen MR) is 65.8 cm³/mol. The van der Waals surface area contributed by atoms with E-state index in [1.807, 2.05) is 24.3 Å². The van der Waals surface area contributed by atoms with Gasteiger partial charge in [0.1, 0.15) is 12.0 Å². The molecule has 1 N–H and O–H groups in total. The predicted octanol–water partition coefficient (Wildman–Crippen LogP) is 2.29. The second kappa shape index (κ2) is 5.21. The molecular weight excluding hydrogens is 214 g/mol. The van der Waals surface area contributed by atoms with Crippen LogP contribution in [0.5, 0.6) is 0 Å². The van der Waals surface area contributed by atoms with Gasteiger partial charge in [-0.2, -0.15) is 0 Å². The molecule has 0 fully saturated rings. The summed E-state index contributed by atoms with van der Waals surface area (Å²) >= 11 is 0. The standard InChI is InChI=1S/C13H13N3O/c1-2-10-5-3-4-6-11(10)16-13(17)12-7-8-14-9-15-12/h3-9H,2H2,1H3,(H,16,17). The van der Waals surface area contributed by atoms with E-state index in [1.165, 1.54) is 6.33 Å². The Hall–Kier alpha value is -2.23. The number of benzene rings is 1. The van der Waals surface area contributed by atoms with E-state index < -0.39 is 0 Å². The van der Waals surface area contributed by atoms with Crippen LogP contribution in [0.1, 0.15) is 23.0 Å². The molecule has 0 atom stereocenters. The van der Waals surface area contributed by atoms with E-state index in [0.717, 1.165) is 17.7 Å². The zero-order valence-electron chi connectivity index (χ0n) is 9.55. The lowest BCUT2D eigenvalue weighted by atomic mass is 10.1. The normalized spacial score (nSPS) is 9.94. The number of hydrogen-bond donors (Lipinski definition) is 1. The van der Waals surface area contributed by atoms with Crippen LogP contribution in [-0.4, -0.2) is 15.9 Å². The topological polar surface area (TPSA) is 54.9 Å². The summed E-state index contributed by atoms with van der Waals surface area (Å²) < 4.78 is 0. The summed E-state index contributed by atoms with van der Waals surface area (Å²) in [5, 5.41) is 2.85. The van der Waals surface area contributed by atoms with Crippen molar-refractivity contribution in [3.8, 4) is 0 Å². The molecule has 0 aliphatic rings. The van der Waals surface area contributed by atoms with E-state index in [4.69, 9.17) is 0 Å². The molecule has 1 heterocycles. The van der Waals surface area contributed by atoms with Gasteiger partial charge in [0.05, 0.1) is 0 Å². The number of amides is 1. The molecule has 4 nitrogen and oxygen atoms in total. The third kappa shape index (κ3) is 2.66. The summed E-state index contributed by atoms with van der Waals surface area (Å²) in [5.41, 5.74) is 2.31. The average molecular weight is 227 g/mol. The molecule has 0 bridgehead atoms. The molecule has 2 aromatic rings. The Morgan fingerprint density at radius 2 is 2.12 bits per heavy atom. The Morgan fingerprint density at radius 1 is 1.29 bits per heavy atom. The Labute approximate surface area is 99.7 Å². The van der Waals surface area contributed by atoms with Crippen molar-refractivity contribution in [1.29, 1.82) is 0 Å². The van der Waals surface area contributed by atoms with Crippen molar-refractivity contribution in [3.63, 3.8) is 0 Å². The molecule has 17 heavy (non-hydrogen) atoms. The van der Waals surface area contributed by atoms with Gasteiger partial charge in [-0.15, -0.1) is 0 Å². The molecule has 0 unspecified atom stereocenters. The van der Waals surface area contributed by atoms with Gasteiger partial charge in [0.15, 0.2) is 0 Å². The van der Waals surface area contributed by atoms with E-state index in [0.29, 0.717) is 5.69 Å². The zero-order chi connectivity index (χ0) is 12.1. The quantitative estimate of drug-likeness (QED) is 0.875. The molecule has 1 aromatic heterocycles. The van der Waals surface area contributed by atoms with Crippen molar-refractivity contribution in [1.82, 2.24) is 9.97 Å². The fraction of sp³-hybridized carbons (Fsp3) is 0.154. The molecule has 0 saturated heterocycles. The van der Waals surface area contributed by atoms with Crippen molar-refractivity contribution in [2.75, 3.05) is 5.32 Å². The lowest BCUT2D eigenvalue weighted by molar-refractivity contribution is 0.102. The first-order valence-corrected chi connectivity index (χ1v) is 5.46.